The topological polar surface area (TPSA) is 90.2 Å². The van der Waals surface area contributed by atoms with E-state index in [1.165, 1.54) is 0 Å². The lowest BCUT2D eigenvalue weighted by molar-refractivity contribution is 0.0528. The molecule has 0 N–H and O–H groups in total. The van der Waals surface area contributed by atoms with Crippen LogP contribution in [-0.4, -0.2) is 37.3 Å². The molecule has 1 aromatic carbocycles. The van der Waals surface area contributed by atoms with Crippen molar-refractivity contribution >= 4 is 17.5 Å². The minimum absolute atomic E-state index is 0.200. The minimum Gasteiger partial charge on any atom is -0.443 e. The molecule has 0 bridgehead atoms. The second-order valence-corrected chi connectivity index (χ2v) is 8.80. The highest BCUT2D eigenvalue weighted by Crippen LogP contribution is 2.33. The zero-order valence-corrected chi connectivity index (χ0v) is 19.2. The number of hydrogen-bond acceptors (Lipinski definition) is 6. The number of likely N-dealkylation sites (tertiary alicyclic amines) is 1. The molecule has 0 unspecified atom stereocenters. The highest BCUT2D eigenvalue weighted by molar-refractivity contribution is 6.30. The summed E-state index contributed by atoms with van der Waals surface area (Å²) in [5.74, 6) is 1.27. The van der Waals surface area contributed by atoms with Crippen LogP contribution in [0, 0.1) is 6.92 Å². The maximum absolute atomic E-state index is 13.3. The van der Waals surface area contributed by atoms with Crippen molar-refractivity contribution < 1.29 is 13.7 Å². The predicted molar refractivity (Wildman–Crippen MR) is 122 cm³/mol. The lowest BCUT2D eigenvalue weighted by atomic mass is 10.0. The van der Waals surface area contributed by atoms with Crippen LogP contribution < -0.4 is 0 Å². The molecule has 0 radical (unpaired) electrons. The molecular weight excluding hydrogens is 442 g/mol. The number of carbonyl (C=O) groups excluding carboxylic acids is 1. The van der Waals surface area contributed by atoms with Gasteiger partial charge in [-0.15, -0.1) is 0 Å². The van der Waals surface area contributed by atoms with Crippen molar-refractivity contribution in [2.75, 3.05) is 6.54 Å². The Labute approximate surface area is 196 Å². The van der Waals surface area contributed by atoms with E-state index in [1.807, 2.05) is 44.4 Å². The van der Waals surface area contributed by atoms with Gasteiger partial charge in [0.15, 0.2) is 0 Å². The third-order valence-electron chi connectivity index (χ3n) is 5.90. The highest BCUT2D eigenvalue weighted by atomic mass is 35.5. The van der Waals surface area contributed by atoms with Crippen LogP contribution in [0.25, 0.3) is 11.3 Å². The number of hydrogen-bond donors (Lipinski definition) is 0. The standard InChI is InChI=1S/C24H24ClN5O3/c1-15-19(14-29(2)27-15)20-12-22(33-28-20)24(31)30-9-4-3-8-21(30)23-26-13-18(32-23)11-16-6-5-7-17(25)10-16/h5-7,10,12-14,21H,3-4,8-9,11H2,1-2H3/t21-/m1/s1. The molecule has 9 heteroatoms. The van der Waals surface area contributed by atoms with Gasteiger partial charge >= 0.3 is 0 Å². The molecule has 1 atom stereocenters. The Kier molecular flexibility index (Phi) is 5.76. The van der Waals surface area contributed by atoms with Gasteiger partial charge < -0.3 is 13.8 Å². The number of carbonyl (C=O) groups is 1. The van der Waals surface area contributed by atoms with Gasteiger partial charge in [0.1, 0.15) is 17.5 Å². The van der Waals surface area contributed by atoms with E-state index in [1.54, 1.807) is 21.8 Å². The second-order valence-electron chi connectivity index (χ2n) is 8.36. The van der Waals surface area contributed by atoms with Crippen LogP contribution in [0.5, 0.6) is 0 Å². The molecule has 170 valence electrons. The maximum Gasteiger partial charge on any atom is 0.293 e. The number of rotatable bonds is 5. The molecule has 1 saturated heterocycles. The smallest absolute Gasteiger partial charge is 0.293 e. The molecule has 33 heavy (non-hydrogen) atoms. The van der Waals surface area contributed by atoms with Gasteiger partial charge in [-0.1, -0.05) is 28.9 Å². The molecule has 0 saturated carbocycles. The summed E-state index contributed by atoms with van der Waals surface area (Å²) in [7, 11) is 1.85. The zero-order valence-electron chi connectivity index (χ0n) is 18.5. The summed E-state index contributed by atoms with van der Waals surface area (Å²) in [6.45, 7) is 2.51. The molecule has 1 aliphatic rings. The molecule has 8 nitrogen and oxygen atoms in total. The Hall–Kier alpha value is -3.39. The number of piperidine rings is 1. The molecule has 4 heterocycles. The van der Waals surface area contributed by atoms with E-state index in [0.717, 1.165) is 41.8 Å². The van der Waals surface area contributed by atoms with Crippen molar-refractivity contribution in [2.24, 2.45) is 7.05 Å². The quantitative estimate of drug-likeness (QED) is 0.412. The predicted octanol–water partition coefficient (Wildman–Crippen LogP) is 4.98. The Balaban J connectivity index is 1.35. The van der Waals surface area contributed by atoms with Gasteiger partial charge in [0.25, 0.3) is 5.91 Å². The normalized spacial score (nSPS) is 16.3. The van der Waals surface area contributed by atoms with Crippen molar-refractivity contribution in [3.05, 3.63) is 76.4 Å². The summed E-state index contributed by atoms with van der Waals surface area (Å²) in [6, 6.07) is 9.09. The van der Waals surface area contributed by atoms with Crippen molar-refractivity contribution in [1.29, 1.82) is 0 Å². The molecule has 0 aliphatic carbocycles. The van der Waals surface area contributed by atoms with Crippen LogP contribution in [0.4, 0.5) is 0 Å². The number of oxazole rings is 1. The molecule has 1 fully saturated rings. The van der Waals surface area contributed by atoms with Gasteiger partial charge in [0.2, 0.25) is 11.7 Å². The maximum atomic E-state index is 13.3. The molecule has 1 amide bonds. The summed E-state index contributed by atoms with van der Waals surface area (Å²) >= 11 is 6.09. The molecule has 5 rings (SSSR count). The lowest BCUT2D eigenvalue weighted by Crippen LogP contribution is -2.38. The van der Waals surface area contributed by atoms with Gasteiger partial charge in [-0.3, -0.25) is 9.48 Å². The average Bonchev–Trinajstić information content (AvgIpc) is 3.53. The van der Waals surface area contributed by atoms with E-state index < -0.39 is 0 Å². The summed E-state index contributed by atoms with van der Waals surface area (Å²) in [6.07, 6.45) is 6.87. The van der Waals surface area contributed by atoms with Crippen LogP contribution in [0.1, 0.15) is 58.8 Å². The number of benzene rings is 1. The van der Waals surface area contributed by atoms with Crippen molar-refractivity contribution in [1.82, 2.24) is 24.8 Å². The summed E-state index contributed by atoms with van der Waals surface area (Å²) in [5.41, 5.74) is 3.31. The van der Waals surface area contributed by atoms with Crippen LogP contribution in [0.3, 0.4) is 0 Å². The van der Waals surface area contributed by atoms with E-state index in [2.05, 4.69) is 15.2 Å². The third-order valence-corrected chi connectivity index (χ3v) is 6.13. The lowest BCUT2D eigenvalue weighted by Gasteiger charge is -2.32. The van der Waals surface area contributed by atoms with E-state index in [4.69, 9.17) is 20.5 Å². The molecule has 1 aliphatic heterocycles. The molecule has 3 aromatic heterocycles. The second kappa shape index (κ2) is 8.86. The van der Waals surface area contributed by atoms with Gasteiger partial charge in [0.05, 0.1) is 11.9 Å². The first-order valence-electron chi connectivity index (χ1n) is 11.0. The van der Waals surface area contributed by atoms with Crippen molar-refractivity contribution in [2.45, 2.75) is 38.6 Å². The highest BCUT2D eigenvalue weighted by Gasteiger charge is 2.34. The van der Waals surface area contributed by atoms with Gasteiger partial charge in [-0.05, 0) is 43.9 Å². The fourth-order valence-electron chi connectivity index (χ4n) is 4.33. The number of nitrogens with zero attached hydrogens (tertiary/aromatic N) is 5. The largest absolute Gasteiger partial charge is 0.443 e. The first-order valence-corrected chi connectivity index (χ1v) is 11.3. The Morgan fingerprint density at radius 1 is 1.27 bits per heavy atom. The number of aryl methyl sites for hydroxylation is 2. The van der Waals surface area contributed by atoms with Crippen LogP contribution in [-0.2, 0) is 13.5 Å². The Morgan fingerprint density at radius 2 is 2.15 bits per heavy atom. The van der Waals surface area contributed by atoms with Crippen LogP contribution >= 0.6 is 11.6 Å². The fraction of sp³-hybridized carbons (Fsp3) is 0.333. The Bertz CT molecular complexity index is 1290. The van der Waals surface area contributed by atoms with E-state index >= 15 is 0 Å². The summed E-state index contributed by atoms with van der Waals surface area (Å²) in [5, 5.41) is 9.12. The third kappa shape index (κ3) is 4.43. The molecular formula is C24H24ClN5O3. The fourth-order valence-corrected chi connectivity index (χ4v) is 4.55. The monoisotopic (exact) mass is 465 g/mol. The van der Waals surface area contributed by atoms with E-state index in [9.17, 15) is 4.79 Å². The average molecular weight is 466 g/mol. The Morgan fingerprint density at radius 3 is 2.94 bits per heavy atom. The summed E-state index contributed by atoms with van der Waals surface area (Å²) < 4.78 is 13.2. The number of amides is 1. The van der Waals surface area contributed by atoms with Crippen molar-refractivity contribution in [3.63, 3.8) is 0 Å². The van der Waals surface area contributed by atoms with Gasteiger partial charge in [0, 0.05) is 42.9 Å². The van der Waals surface area contributed by atoms with E-state index in [0.29, 0.717) is 29.6 Å². The first-order chi connectivity index (χ1) is 16.0. The van der Waals surface area contributed by atoms with Gasteiger partial charge in [-0.25, -0.2) is 4.98 Å². The number of halogens is 1. The SMILES string of the molecule is Cc1nn(C)cc1-c1cc(C(=O)N2CCCC[C@@H]2c2ncc(Cc3cccc(Cl)c3)o2)on1. The first kappa shape index (κ1) is 21.5. The van der Waals surface area contributed by atoms with Crippen molar-refractivity contribution in [3.8, 4) is 11.3 Å². The minimum atomic E-state index is -0.243. The molecule has 4 aromatic rings. The van der Waals surface area contributed by atoms with Gasteiger partial charge in [-0.2, -0.15) is 5.10 Å². The van der Waals surface area contributed by atoms with Crippen LogP contribution in [0.2, 0.25) is 5.02 Å². The summed E-state index contributed by atoms with van der Waals surface area (Å²) in [4.78, 5) is 19.6. The van der Waals surface area contributed by atoms with Crippen LogP contribution in [0.15, 0.2) is 51.7 Å². The molecule has 0 spiro atoms. The van der Waals surface area contributed by atoms with E-state index in [-0.39, 0.29) is 17.7 Å². The zero-order chi connectivity index (χ0) is 22.9. The number of aromatic nitrogens is 4.